The van der Waals surface area contributed by atoms with Gasteiger partial charge in [0.25, 0.3) is 0 Å². The number of hydrogen-bond donors (Lipinski definition) is 3. The Hall–Kier alpha value is -1.75. The van der Waals surface area contributed by atoms with E-state index in [-0.39, 0.29) is 12.5 Å². The lowest BCUT2D eigenvalue weighted by molar-refractivity contribution is -0.115. The van der Waals surface area contributed by atoms with E-state index in [9.17, 15) is 9.90 Å². The summed E-state index contributed by atoms with van der Waals surface area (Å²) in [6.45, 7) is 0.695. The van der Waals surface area contributed by atoms with Gasteiger partial charge in [0, 0.05) is 18.3 Å². The van der Waals surface area contributed by atoms with Crippen LogP contribution >= 0.6 is 0 Å². The molecular formula is C16H23N3O2. The van der Waals surface area contributed by atoms with Crippen LogP contribution in [0.25, 0.3) is 0 Å². The average Bonchev–Trinajstić information content (AvgIpc) is 2.84. The molecule has 1 saturated carbocycles. The van der Waals surface area contributed by atoms with Crippen molar-refractivity contribution in [2.24, 2.45) is 0 Å². The lowest BCUT2D eigenvalue weighted by Crippen LogP contribution is -2.39. The summed E-state index contributed by atoms with van der Waals surface area (Å²) in [6.07, 6.45) is 6.44. The highest BCUT2D eigenvalue weighted by atomic mass is 16.3. The highest BCUT2D eigenvalue weighted by Gasteiger charge is 2.25. The lowest BCUT2D eigenvalue weighted by atomic mass is 9.93. The van der Waals surface area contributed by atoms with Crippen molar-refractivity contribution >= 4 is 23.0 Å². The molecule has 0 unspecified atom stereocenters. The number of aliphatic hydroxyl groups is 1. The number of anilines is 3. The third-order valence-electron chi connectivity index (χ3n) is 4.54. The van der Waals surface area contributed by atoms with Gasteiger partial charge in [0.05, 0.1) is 24.4 Å². The zero-order valence-corrected chi connectivity index (χ0v) is 12.3. The number of hydrogen-bond acceptors (Lipinski definition) is 4. The molecule has 114 valence electrons. The molecule has 0 saturated heterocycles. The normalized spacial score (nSPS) is 18.4. The smallest absolute Gasteiger partial charge is 0.228 e. The van der Waals surface area contributed by atoms with E-state index in [4.69, 9.17) is 5.73 Å². The molecule has 0 atom stereocenters. The molecule has 0 bridgehead atoms. The SMILES string of the molecule is Nc1cc2c(cc1N(CCO)C1CCCCC1)NC(=O)C2. The minimum atomic E-state index is 0.0212. The molecule has 1 amide bonds. The second kappa shape index (κ2) is 5.93. The zero-order chi connectivity index (χ0) is 14.8. The summed E-state index contributed by atoms with van der Waals surface area (Å²) in [5.41, 5.74) is 9.68. The molecule has 1 fully saturated rings. The van der Waals surface area contributed by atoms with E-state index in [2.05, 4.69) is 10.2 Å². The van der Waals surface area contributed by atoms with Crippen molar-refractivity contribution in [1.82, 2.24) is 0 Å². The van der Waals surface area contributed by atoms with Crippen LogP contribution in [0.15, 0.2) is 12.1 Å². The molecule has 5 nitrogen and oxygen atoms in total. The van der Waals surface area contributed by atoms with Gasteiger partial charge in [0.1, 0.15) is 0 Å². The molecule has 0 spiro atoms. The third kappa shape index (κ3) is 2.83. The van der Waals surface area contributed by atoms with E-state index >= 15 is 0 Å². The maximum Gasteiger partial charge on any atom is 0.228 e. The zero-order valence-electron chi connectivity index (χ0n) is 12.3. The summed E-state index contributed by atoms with van der Waals surface area (Å²) in [7, 11) is 0. The first-order valence-corrected chi connectivity index (χ1v) is 7.79. The Morgan fingerprint density at radius 2 is 2.05 bits per heavy atom. The molecule has 1 heterocycles. The maximum atomic E-state index is 11.5. The van der Waals surface area contributed by atoms with Gasteiger partial charge in [-0.2, -0.15) is 0 Å². The maximum absolute atomic E-state index is 11.5. The predicted molar refractivity (Wildman–Crippen MR) is 84.5 cm³/mol. The predicted octanol–water partition coefficient (Wildman–Crippen LogP) is 1.89. The molecule has 0 aromatic heterocycles. The topological polar surface area (TPSA) is 78.6 Å². The number of nitrogens with one attached hydrogen (secondary N) is 1. The van der Waals surface area contributed by atoms with Crippen LogP contribution in [0.4, 0.5) is 17.1 Å². The number of fused-ring (bicyclic) bond motifs is 1. The van der Waals surface area contributed by atoms with Crippen LogP contribution in [0.3, 0.4) is 0 Å². The van der Waals surface area contributed by atoms with E-state index in [0.717, 1.165) is 29.8 Å². The summed E-state index contributed by atoms with van der Waals surface area (Å²) in [4.78, 5) is 13.7. The van der Waals surface area contributed by atoms with Crippen LogP contribution in [0, 0.1) is 0 Å². The fraction of sp³-hybridized carbons (Fsp3) is 0.562. The van der Waals surface area contributed by atoms with Gasteiger partial charge in [-0.15, -0.1) is 0 Å². The average molecular weight is 289 g/mol. The molecule has 4 N–H and O–H groups in total. The summed E-state index contributed by atoms with van der Waals surface area (Å²) >= 11 is 0. The van der Waals surface area contributed by atoms with Crippen molar-refractivity contribution in [1.29, 1.82) is 0 Å². The molecule has 1 aliphatic heterocycles. The Labute approximate surface area is 125 Å². The molecule has 1 aliphatic carbocycles. The van der Waals surface area contributed by atoms with E-state index < -0.39 is 0 Å². The monoisotopic (exact) mass is 289 g/mol. The molecule has 0 radical (unpaired) electrons. The van der Waals surface area contributed by atoms with E-state index in [1.807, 2.05) is 12.1 Å². The quantitative estimate of drug-likeness (QED) is 0.740. The number of amides is 1. The minimum absolute atomic E-state index is 0.0212. The first-order valence-electron chi connectivity index (χ1n) is 7.79. The van der Waals surface area contributed by atoms with Gasteiger partial charge >= 0.3 is 0 Å². The summed E-state index contributed by atoms with van der Waals surface area (Å²) in [5, 5.41) is 12.3. The minimum Gasteiger partial charge on any atom is -0.397 e. The molecular weight excluding hydrogens is 266 g/mol. The van der Waals surface area contributed by atoms with E-state index in [0.29, 0.717) is 24.7 Å². The van der Waals surface area contributed by atoms with Gasteiger partial charge in [-0.05, 0) is 30.5 Å². The molecule has 5 heteroatoms. The molecule has 1 aromatic rings. The fourth-order valence-electron chi connectivity index (χ4n) is 3.53. The number of rotatable bonds is 4. The Morgan fingerprint density at radius 1 is 1.29 bits per heavy atom. The standard InChI is InChI=1S/C16H23N3O2/c17-13-8-11-9-16(21)18-14(11)10-15(13)19(6-7-20)12-4-2-1-3-5-12/h8,10,12,20H,1-7,9,17H2,(H,18,21). The van der Waals surface area contributed by atoms with E-state index in [1.54, 1.807) is 0 Å². The van der Waals surface area contributed by atoms with Crippen LogP contribution in [-0.4, -0.2) is 30.2 Å². The largest absolute Gasteiger partial charge is 0.397 e. The van der Waals surface area contributed by atoms with Gasteiger partial charge in [-0.1, -0.05) is 19.3 Å². The second-order valence-corrected chi connectivity index (χ2v) is 6.00. The highest BCUT2D eigenvalue weighted by Crippen LogP contribution is 2.36. The number of nitrogens with zero attached hydrogens (tertiary/aromatic N) is 1. The Balaban J connectivity index is 1.92. The van der Waals surface area contributed by atoms with Crippen molar-refractivity contribution in [3.05, 3.63) is 17.7 Å². The number of nitrogen functional groups attached to an aromatic ring is 1. The molecule has 2 aliphatic rings. The van der Waals surface area contributed by atoms with Crippen molar-refractivity contribution in [3.8, 4) is 0 Å². The van der Waals surface area contributed by atoms with Crippen molar-refractivity contribution in [2.75, 3.05) is 29.1 Å². The van der Waals surface area contributed by atoms with Crippen LogP contribution in [0.2, 0.25) is 0 Å². The van der Waals surface area contributed by atoms with Crippen molar-refractivity contribution in [2.45, 2.75) is 44.6 Å². The number of carbonyl (C=O) groups excluding carboxylic acids is 1. The Morgan fingerprint density at radius 3 is 2.76 bits per heavy atom. The van der Waals surface area contributed by atoms with Gasteiger partial charge in [-0.3, -0.25) is 4.79 Å². The number of nitrogens with two attached hydrogens (primary N) is 1. The van der Waals surface area contributed by atoms with Crippen molar-refractivity contribution in [3.63, 3.8) is 0 Å². The van der Waals surface area contributed by atoms with Crippen molar-refractivity contribution < 1.29 is 9.90 Å². The van der Waals surface area contributed by atoms with Crippen LogP contribution in [0.1, 0.15) is 37.7 Å². The first kappa shape index (κ1) is 14.2. The van der Waals surface area contributed by atoms with Crippen LogP contribution in [-0.2, 0) is 11.2 Å². The third-order valence-corrected chi connectivity index (χ3v) is 4.54. The first-order chi connectivity index (χ1) is 10.2. The Kier molecular flexibility index (Phi) is 4.01. The van der Waals surface area contributed by atoms with Crippen LogP contribution < -0.4 is 16.0 Å². The van der Waals surface area contributed by atoms with Crippen LogP contribution in [0.5, 0.6) is 0 Å². The van der Waals surface area contributed by atoms with E-state index in [1.165, 1.54) is 19.3 Å². The summed E-state index contributed by atoms with van der Waals surface area (Å²) in [5.74, 6) is 0.0212. The van der Waals surface area contributed by atoms with Gasteiger partial charge in [0.15, 0.2) is 0 Å². The number of aliphatic hydroxyl groups excluding tert-OH is 1. The van der Waals surface area contributed by atoms with Gasteiger partial charge in [0.2, 0.25) is 5.91 Å². The molecule has 3 rings (SSSR count). The highest BCUT2D eigenvalue weighted by molar-refractivity contribution is 6.01. The Bertz CT molecular complexity index is 539. The molecule has 1 aromatic carbocycles. The lowest BCUT2D eigenvalue weighted by Gasteiger charge is -2.36. The summed E-state index contributed by atoms with van der Waals surface area (Å²) in [6, 6.07) is 4.30. The fourth-order valence-corrected chi connectivity index (χ4v) is 3.53. The molecule has 21 heavy (non-hydrogen) atoms. The number of benzene rings is 1. The van der Waals surface area contributed by atoms with Gasteiger partial charge < -0.3 is 21.1 Å². The number of carbonyl (C=O) groups is 1. The van der Waals surface area contributed by atoms with Gasteiger partial charge in [-0.25, -0.2) is 0 Å². The summed E-state index contributed by atoms with van der Waals surface area (Å²) < 4.78 is 0. The second-order valence-electron chi connectivity index (χ2n) is 6.00.